The maximum Gasteiger partial charge on any atom is 0.754 e. The Balaban J connectivity index is 4.83. The van der Waals surface area contributed by atoms with E-state index in [0.717, 1.165) is 64.2 Å². The Bertz CT molecular complexity index is 1070. The zero-order valence-electron chi connectivity index (χ0n) is 45.8. The van der Waals surface area contributed by atoms with Crippen LogP contribution in [0.2, 0.25) is 0 Å². The molecule has 0 spiro atoms. The summed E-state index contributed by atoms with van der Waals surface area (Å²) in [4.78, 5) is 68.3. The lowest BCUT2D eigenvalue weighted by atomic mass is 9.92. The molecule has 0 bridgehead atoms. The number of hydrogen-bond acceptors (Lipinski definition) is 12. The zero-order valence-corrected chi connectivity index (χ0v) is 45.8. The van der Waals surface area contributed by atoms with Crippen molar-refractivity contribution in [2.75, 3.05) is 6.61 Å². The van der Waals surface area contributed by atoms with E-state index in [0.29, 0.717) is 19.3 Å². The normalized spacial score (nSPS) is 12.8. The molecule has 3 N–H and O–H groups in total. The first-order chi connectivity index (χ1) is 34.3. The molecule has 70 heavy (non-hydrogen) atoms. The molecule has 0 heterocycles. The third-order valence-electron chi connectivity index (χ3n) is 13.8. The van der Waals surface area contributed by atoms with Crippen LogP contribution in [-0.4, -0.2) is 59.4 Å². The summed E-state index contributed by atoms with van der Waals surface area (Å²) < 4.78 is 0. The topological polar surface area (TPSA) is 167 Å². The minimum absolute atomic E-state index is 0.0796. The molecular formula is C57H111BO12. The Hall–Kier alpha value is -1.77. The largest absolute Gasteiger partial charge is 0.754 e. The summed E-state index contributed by atoms with van der Waals surface area (Å²) in [5.41, 5.74) is 0. The number of aliphatic hydroxyl groups is 3. The standard InChI is InChI=1S/C57H111BO12/c1-4-7-10-13-16-19-22-25-28-31-34-37-40-43-46-49-54(61)65-68-58(69-66-55(62)50-47-44-41-38-35-32-29-26-23-20-17-14-11-8-5-2)70-67-57(64)52(56(63)53(60)51-59)48-45-42-39-36-33-30-27-24-21-18-15-12-9-6-3/h52-53,56,59-60,63H,4-51H2,1-3H3. The fourth-order valence-corrected chi connectivity index (χ4v) is 9.11. The van der Waals surface area contributed by atoms with Crippen molar-refractivity contribution in [2.45, 2.75) is 335 Å². The molecule has 414 valence electrons. The summed E-state index contributed by atoms with van der Waals surface area (Å²) in [6.07, 6.45) is 49.3. The van der Waals surface area contributed by atoms with Crippen molar-refractivity contribution in [2.24, 2.45) is 5.92 Å². The molecule has 0 aromatic heterocycles. The fraction of sp³-hybridized carbons (Fsp3) is 0.947. The Morgan fingerprint density at radius 3 is 0.871 bits per heavy atom. The number of carbonyl (C=O) groups is 3. The molecule has 13 heteroatoms. The molecule has 0 aromatic carbocycles. The van der Waals surface area contributed by atoms with Crippen molar-refractivity contribution in [1.29, 1.82) is 0 Å². The lowest BCUT2D eigenvalue weighted by molar-refractivity contribution is -0.318. The molecule has 0 aromatic rings. The number of unbranched alkanes of at least 4 members (excludes halogenated alkanes) is 41. The van der Waals surface area contributed by atoms with Crippen LogP contribution in [0.1, 0.15) is 323 Å². The van der Waals surface area contributed by atoms with Gasteiger partial charge in [-0.1, -0.05) is 290 Å². The predicted molar refractivity (Wildman–Crippen MR) is 284 cm³/mol. The van der Waals surface area contributed by atoms with Crippen molar-refractivity contribution >= 4 is 25.2 Å². The van der Waals surface area contributed by atoms with Gasteiger partial charge in [0, 0.05) is 12.8 Å². The van der Waals surface area contributed by atoms with Gasteiger partial charge >= 0.3 is 25.2 Å². The highest BCUT2D eigenvalue weighted by Gasteiger charge is 2.37. The first-order valence-electron chi connectivity index (χ1n) is 29.9. The van der Waals surface area contributed by atoms with Crippen LogP contribution in [0, 0.1) is 5.92 Å². The quantitative estimate of drug-likeness (QED) is 0.0229. The highest BCUT2D eigenvalue weighted by molar-refractivity contribution is 6.35. The van der Waals surface area contributed by atoms with Crippen molar-refractivity contribution < 1.29 is 58.8 Å². The van der Waals surface area contributed by atoms with Crippen LogP contribution >= 0.6 is 0 Å². The first kappa shape index (κ1) is 68.2. The van der Waals surface area contributed by atoms with E-state index in [9.17, 15) is 29.7 Å². The highest BCUT2D eigenvalue weighted by Crippen LogP contribution is 2.22. The van der Waals surface area contributed by atoms with Crippen LogP contribution < -0.4 is 0 Å². The van der Waals surface area contributed by atoms with Crippen LogP contribution in [-0.2, 0) is 43.5 Å². The number of rotatable bonds is 57. The van der Waals surface area contributed by atoms with Crippen LogP contribution in [0.15, 0.2) is 0 Å². The van der Waals surface area contributed by atoms with E-state index in [4.69, 9.17) is 29.1 Å². The van der Waals surface area contributed by atoms with Gasteiger partial charge in [0.05, 0.1) is 18.6 Å². The molecule has 0 aliphatic rings. The molecule has 0 amide bonds. The third kappa shape index (κ3) is 47.3. The summed E-state index contributed by atoms with van der Waals surface area (Å²) in [5, 5.41) is 30.5. The van der Waals surface area contributed by atoms with Crippen LogP contribution in [0.4, 0.5) is 0 Å². The Morgan fingerprint density at radius 2 is 0.600 bits per heavy atom. The molecule has 12 nitrogen and oxygen atoms in total. The maximum atomic E-state index is 13.3. The Labute approximate surface area is 429 Å². The lowest BCUT2D eigenvalue weighted by Crippen LogP contribution is -2.41. The number of hydrogen-bond donors (Lipinski definition) is 3. The van der Waals surface area contributed by atoms with Crippen molar-refractivity contribution in [1.82, 2.24) is 0 Å². The van der Waals surface area contributed by atoms with Gasteiger partial charge in [0.25, 0.3) is 0 Å². The van der Waals surface area contributed by atoms with Crippen LogP contribution in [0.5, 0.6) is 0 Å². The third-order valence-corrected chi connectivity index (χ3v) is 13.8. The van der Waals surface area contributed by atoms with E-state index < -0.39 is 50.0 Å². The molecule has 0 fully saturated rings. The van der Waals surface area contributed by atoms with E-state index in [2.05, 4.69) is 20.8 Å². The van der Waals surface area contributed by atoms with Crippen LogP contribution in [0.3, 0.4) is 0 Å². The fourth-order valence-electron chi connectivity index (χ4n) is 9.11. The monoisotopic (exact) mass is 999 g/mol. The maximum absolute atomic E-state index is 13.3. The second-order valence-corrected chi connectivity index (χ2v) is 20.5. The molecule has 0 aliphatic carbocycles. The summed E-state index contributed by atoms with van der Waals surface area (Å²) in [6.45, 7) is 5.98. The summed E-state index contributed by atoms with van der Waals surface area (Å²) >= 11 is 0. The second-order valence-electron chi connectivity index (χ2n) is 20.5. The summed E-state index contributed by atoms with van der Waals surface area (Å²) in [6, 6.07) is 0. The number of aliphatic hydroxyl groups excluding tert-OH is 3. The molecule has 0 radical (unpaired) electrons. The van der Waals surface area contributed by atoms with Gasteiger partial charge in [0.15, 0.2) is 0 Å². The predicted octanol–water partition coefficient (Wildman–Crippen LogP) is 16.1. The lowest BCUT2D eigenvalue weighted by Gasteiger charge is -2.24. The SMILES string of the molecule is CCCCCCCCCCCCCCCCCC(=O)OOB(OOC(=O)CCCCCCCCCCCCCCCCC)OOC(=O)C(CCCCCCCCCCCCCCCC)C(O)C(O)CO. The molecule has 0 saturated heterocycles. The first-order valence-corrected chi connectivity index (χ1v) is 29.9. The molecule has 3 atom stereocenters. The van der Waals surface area contributed by atoms with E-state index in [1.54, 1.807) is 0 Å². The van der Waals surface area contributed by atoms with E-state index in [-0.39, 0.29) is 19.3 Å². The average Bonchev–Trinajstić information content (AvgIpc) is 3.36. The smallest absolute Gasteiger partial charge is 0.394 e. The van der Waals surface area contributed by atoms with Gasteiger partial charge in [-0.2, -0.15) is 14.4 Å². The van der Waals surface area contributed by atoms with Crippen LogP contribution in [0.25, 0.3) is 0 Å². The summed E-state index contributed by atoms with van der Waals surface area (Å²) in [7, 11) is -2.07. The minimum atomic E-state index is -2.07. The summed E-state index contributed by atoms with van der Waals surface area (Å²) in [5.74, 6) is -3.69. The molecule has 0 saturated carbocycles. The van der Waals surface area contributed by atoms with Gasteiger partial charge in [-0.15, -0.1) is 0 Å². The van der Waals surface area contributed by atoms with Crippen molar-refractivity contribution in [3.63, 3.8) is 0 Å². The van der Waals surface area contributed by atoms with Gasteiger partial charge in [0.2, 0.25) is 0 Å². The van der Waals surface area contributed by atoms with E-state index in [1.165, 1.54) is 199 Å². The van der Waals surface area contributed by atoms with Gasteiger partial charge in [-0.25, -0.2) is 14.4 Å². The highest BCUT2D eigenvalue weighted by atomic mass is 17.3. The average molecular weight is 999 g/mol. The van der Waals surface area contributed by atoms with E-state index >= 15 is 0 Å². The van der Waals surface area contributed by atoms with Crippen molar-refractivity contribution in [3.05, 3.63) is 0 Å². The second kappa shape index (κ2) is 55.0. The Kier molecular flexibility index (Phi) is 53.6. The number of carbonyl (C=O) groups excluding carboxylic acids is 3. The minimum Gasteiger partial charge on any atom is -0.394 e. The van der Waals surface area contributed by atoms with Gasteiger partial charge in [0.1, 0.15) is 6.10 Å². The van der Waals surface area contributed by atoms with Gasteiger partial charge in [-0.05, 0) is 19.3 Å². The Morgan fingerprint density at radius 1 is 0.357 bits per heavy atom. The molecule has 3 unspecified atom stereocenters. The molecule has 0 aliphatic heterocycles. The molecular weight excluding hydrogens is 887 g/mol. The molecule has 0 rings (SSSR count). The van der Waals surface area contributed by atoms with Crippen molar-refractivity contribution in [3.8, 4) is 0 Å². The van der Waals surface area contributed by atoms with E-state index in [1.807, 2.05) is 0 Å². The van der Waals surface area contributed by atoms with Gasteiger partial charge < -0.3 is 30.0 Å². The van der Waals surface area contributed by atoms with Gasteiger partial charge in [-0.3, -0.25) is 0 Å². The zero-order chi connectivity index (χ0) is 51.2.